The van der Waals surface area contributed by atoms with Crippen molar-refractivity contribution in [2.75, 3.05) is 85.5 Å². The summed E-state index contributed by atoms with van der Waals surface area (Å²) in [4.78, 5) is 6.38. The molecule has 0 aliphatic carbocycles. The Labute approximate surface area is 220 Å². The van der Waals surface area contributed by atoms with Crippen LogP contribution in [0.15, 0.2) is 12.4 Å². The number of aliphatic hydroxyl groups is 3. The highest BCUT2D eigenvalue weighted by molar-refractivity contribution is 4.88. The molecule has 0 aromatic heterocycles. The Morgan fingerprint density at radius 2 is 0.861 bits per heavy atom. The summed E-state index contributed by atoms with van der Waals surface area (Å²) < 4.78 is 16.9. The molecule has 9 nitrogen and oxygen atoms in total. The van der Waals surface area contributed by atoms with E-state index in [2.05, 4.69) is 56.2 Å². The largest absolute Gasteiger partial charge is 0.389 e. The van der Waals surface area contributed by atoms with Gasteiger partial charge in [0.1, 0.15) is 0 Å². The normalized spacial score (nSPS) is 18.6. The third-order valence-corrected chi connectivity index (χ3v) is 5.54. The quantitative estimate of drug-likeness (QED) is 0.250. The maximum atomic E-state index is 10.5. The molecule has 1 aliphatic rings. The molecule has 1 heterocycles. The van der Waals surface area contributed by atoms with Crippen molar-refractivity contribution in [3.05, 3.63) is 12.4 Å². The van der Waals surface area contributed by atoms with E-state index in [1.807, 2.05) is 12.4 Å². The molecule has 0 amide bonds. The van der Waals surface area contributed by atoms with E-state index in [1.54, 1.807) is 0 Å². The molecule has 0 fully saturated rings. The highest BCUT2D eigenvalue weighted by Gasteiger charge is 2.19. The van der Waals surface area contributed by atoms with Gasteiger partial charge in [0, 0.05) is 78.0 Å². The minimum Gasteiger partial charge on any atom is -0.389 e. The van der Waals surface area contributed by atoms with Gasteiger partial charge in [-0.05, 0) is 17.8 Å². The van der Waals surface area contributed by atoms with E-state index in [1.165, 1.54) is 0 Å². The van der Waals surface area contributed by atoms with Gasteiger partial charge in [-0.1, -0.05) is 41.5 Å². The van der Waals surface area contributed by atoms with Crippen LogP contribution in [0.4, 0.5) is 0 Å². The highest BCUT2D eigenvalue weighted by atomic mass is 16.5. The fourth-order valence-electron chi connectivity index (χ4n) is 3.79. The number of aliphatic hydroxyl groups excluding tert-OH is 3. The van der Waals surface area contributed by atoms with Gasteiger partial charge >= 0.3 is 0 Å². The lowest BCUT2D eigenvalue weighted by Crippen LogP contribution is -2.43. The van der Waals surface area contributed by atoms with Crippen LogP contribution < -0.4 is 0 Å². The molecular weight excluding hydrogens is 462 g/mol. The van der Waals surface area contributed by atoms with Crippen LogP contribution in [-0.2, 0) is 14.2 Å². The standard InChI is InChI=1S/C27H55N3O6/c1-22(2)16-34-19-25(31)13-28-7-9-29(14-26(32)20-35-17-23(3)4)11-12-30(10-8-28)15-27(33)21-36-18-24(5)6/h7,9,22-27,31-33H,8,10-21H2,1-6H3. The average molecular weight is 518 g/mol. The van der Waals surface area contributed by atoms with E-state index in [0.717, 1.165) is 13.1 Å². The summed E-state index contributed by atoms with van der Waals surface area (Å²) in [5, 5.41) is 31.6. The van der Waals surface area contributed by atoms with Crippen molar-refractivity contribution in [3.8, 4) is 0 Å². The molecule has 0 spiro atoms. The molecule has 0 saturated carbocycles. The van der Waals surface area contributed by atoms with Crippen LogP contribution in [0, 0.1) is 17.8 Å². The first-order chi connectivity index (χ1) is 17.0. The van der Waals surface area contributed by atoms with E-state index in [-0.39, 0.29) is 0 Å². The van der Waals surface area contributed by atoms with Crippen LogP contribution in [-0.4, -0.2) is 134 Å². The first-order valence-corrected chi connectivity index (χ1v) is 13.7. The van der Waals surface area contributed by atoms with E-state index in [9.17, 15) is 15.3 Å². The highest BCUT2D eigenvalue weighted by Crippen LogP contribution is 2.07. The number of nitrogens with zero attached hydrogens (tertiary/aromatic N) is 3. The van der Waals surface area contributed by atoms with Gasteiger partial charge < -0.3 is 39.3 Å². The summed E-state index contributed by atoms with van der Waals surface area (Å²) in [5.74, 6) is 1.29. The molecule has 214 valence electrons. The number of rotatable bonds is 18. The summed E-state index contributed by atoms with van der Waals surface area (Å²) in [6.45, 7) is 19.7. The Balaban J connectivity index is 2.73. The molecule has 0 aromatic carbocycles. The second-order valence-electron chi connectivity index (χ2n) is 11.3. The van der Waals surface area contributed by atoms with Crippen LogP contribution in [0.5, 0.6) is 0 Å². The molecule has 0 saturated heterocycles. The van der Waals surface area contributed by atoms with Crippen molar-refractivity contribution in [3.63, 3.8) is 0 Å². The first kappa shape index (κ1) is 33.1. The predicted molar refractivity (Wildman–Crippen MR) is 144 cm³/mol. The lowest BCUT2D eigenvalue weighted by atomic mass is 10.2. The van der Waals surface area contributed by atoms with Gasteiger partial charge in [-0.2, -0.15) is 0 Å². The molecule has 36 heavy (non-hydrogen) atoms. The smallest absolute Gasteiger partial charge is 0.0947 e. The van der Waals surface area contributed by atoms with E-state index >= 15 is 0 Å². The first-order valence-electron chi connectivity index (χ1n) is 13.7. The van der Waals surface area contributed by atoms with Gasteiger partial charge in [0.15, 0.2) is 0 Å². The van der Waals surface area contributed by atoms with Crippen molar-refractivity contribution in [1.29, 1.82) is 0 Å². The van der Waals surface area contributed by atoms with E-state index in [0.29, 0.717) is 90.1 Å². The summed E-state index contributed by atoms with van der Waals surface area (Å²) in [6, 6.07) is 0. The molecule has 0 aromatic rings. The van der Waals surface area contributed by atoms with Crippen LogP contribution in [0.2, 0.25) is 0 Å². The minimum absolute atomic E-state index is 0.299. The molecule has 9 heteroatoms. The Morgan fingerprint density at radius 3 is 1.19 bits per heavy atom. The van der Waals surface area contributed by atoms with Gasteiger partial charge in [-0.3, -0.25) is 4.90 Å². The predicted octanol–water partition coefficient (Wildman–Crippen LogP) is 1.48. The Hall–Kier alpha value is -0.940. The summed E-state index contributed by atoms with van der Waals surface area (Å²) in [5.41, 5.74) is 0. The van der Waals surface area contributed by atoms with Crippen LogP contribution >= 0.6 is 0 Å². The zero-order valence-electron chi connectivity index (χ0n) is 23.7. The molecule has 1 aliphatic heterocycles. The van der Waals surface area contributed by atoms with E-state index in [4.69, 9.17) is 14.2 Å². The molecule has 3 unspecified atom stereocenters. The van der Waals surface area contributed by atoms with Crippen molar-refractivity contribution in [1.82, 2.24) is 14.7 Å². The van der Waals surface area contributed by atoms with Gasteiger partial charge in [0.25, 0.3) is 0 Å². The molecule has 0 bridgehead atoms. The minimum atomic E-state index is -0.596. The zero-order valence-corrected chi connectivity index (χ0v) is 23.7. The number of β-amino-alcohol motifs (C(OH)–C–C–N with tert-alkyl or cyclic N) is 3. The van der Waals surface area contributed by atoms with E-state index < -0.39 is 18.3 Å². The van der Waals surface area contributed by atoms with Gasteiger partial charge in [-0.15, -0.1) is 0 Å². The maximum absolute atomic E-state index is 10.5. The fraction of sp³-hybridized carbons (Fsp3) is 0.926. The number of hydrogen-bond donors (Lipinski definition) is 3. The van der Waals surface area contributed by atoms with Gasteiger partial charge in [0.2, 0.25) is 0 Å². The Morgan fingerprint density at radius 1 is 0.528 bits per heavy atom. The molecular formula is C27H55N3O6. The molecule has 0 radical (unpaired) electrons. The van der Waals surface area contributed by atoms with Crippen molar-refractivity contribution in [2.45, 2.75) is 59.9 Å². The summed E-state index contributed by atoms with van der Waals surface area (Å²) in [7, 11) is 0. The monoisotopic (exact) mass is 517 g/mol. The topological polar surface area (TPSA) is 98.1 Å². The zero-order chi connectivity index (χ0) is 26.9. The lowest BCUT2D eigenvalue weighted by Gasteiger charge is -2.29. The van der Waals surface area contributed by atoms with Gasteiger partial charge in [-0.25, -0.2) is 0 Å². The van der Waals surface area contributed by atoms with Crippen molar-refractivity contribution >= 4 is 0 Å². The number of ether oxygens (including phenoxy) is 3. The van der Waals surface area contributed by atoms with Crippen LogP contribution in [0.25, 0.3) is 0 Å². The molecule has 3 N–H and O–H groups in total. The molecule has 3 atom stereocenters. The maximum Gasteiger partial charge on any atom is 0.0947 e. The third-order valence-electron chi connectivity index (χ3n) is 5.54. The van der Waals surface area contributed by atoms with Crippen molar-refractivity contribution < 1.29 is 29.5 Å². The summed E-state index contributed by atoms with van der Waals surface area (Å²) >= 11 is 0. The Bertz CT molecular complexity index is 528. The lowest BCUT2D eigenvalue weighted by molar-refractivity contribution is 0.00173. The number of hydrogen-bond acceptors (Lipinski definition) is 9. The Kier molecular flexibility index (Phi) is 17.6. The second-order valence-corrected chi connectivity index (χ2v) is 11.3. The SMILES string of the molecule is CC(C)COCC(O)CN1C=CN(CC(O)COCC(C)C)CCN(CC(O)COCC(C)C)CC1. The van der Waals surface area contributed by atoms with Crippen LogP contribution in [0.1, 0.15) is 41.5 Å². The average Bonchev–Trinajstić information content (AvgIpc) is 2.85. The third kappa shape index (κ3) is 17.5. The van der Waals surface area contributed by atoms with Crippen molar-refractivity contribution in [2.24, 2.45) is 17.8 Å². The molecule has 1 rings (SSSR count). The van der Waals surface area contributed by atoms with Gasteiger partial charge in [0.05, 0.1) is 38.1 Å². The van der Waals surface area contributed by atoms with Crippen LogP contribution in [0.3, 0.4) is 0 Å². The second kappa shape index (κ2) is 19.2. The fourth-order valence-corrected chi connectivity index (χ4v) is 3.79. The summed E-state index contributed by atoms with van der Waals surface area (Å²) in [6.07, 6.45) is 2.21.